The molecule has 0 saturated heterocycles. The molecule has 0 atom stereocenters. The molecule has 7 nitrogen and oxygen atoms in total. The van der Waals surface area contributed by atoms with Gasteiger partial charge in [-0.15, -0.1) is 0 Å². The zero-order valence-corrected chi connectivity index (χ0v) is 19.1. The van der Waals surface area contributed by atoms with Crippen LogP contribution in [0.3, 0.4) is 0 Å². The van der Waals surface area contributed by atoms with Crippen LogP contribution in [-0.2, 0) is 16.6 Å². The summed E-state index contributed by atoms with van der Waals surface area (Å²) in [4.78, 5) is 12.2. The minimum Gasteiger partial charge on any atom is -0.489 e. The van der Waals surface area contributed by atoms with Gasteiger partial charge in [-0.25, -0.2) is 13.8 Å². The Labute approximate surface area is 192 Å². The summed E-state index contributed by atoms with van der Waals surface area (Å²) >= 11 is 6.12. The number of ether oxygens (including phenoxy) is 1. The molecule has 0 fully saturated rings. The molecule has 1 amide bonds. The van der Waals surface area contributed by atoms with Crippen molar-refractivity contribution >= 4 is 39.4 Å². The second-order valence-corrected chi connectivity index (χ2v) is 9.35. The second-order valence-electron chi connectivity index (χ2n) is 6.93. The van der Waals surface area contributed by atoms with E-state index in [0.29, 0.717) is 28.6 Å². The molecule has 166 valence electrons. The van der Waals surface area contributed by atoms with Gasteiger partial charge in [0.2, 0.25) is 10.0 Å². The molecule has 0 aliphatic carbocycles. The number of nitrogens with zero attached hydrogens (tertiary/aromatic N) is 2. The molecule has 3 aromatic carbocycles. The monoisotopic (exact) mass is 471 g/mol. The van der Waals surface area contributed by atoms with E-state index in [9.17, 15) is 13.2 Å². The molecule has 3 aromatic rings. The Kier molecular flexibility index (Phi) is 7.50. The van der Waals surface area contributed by atoms with Crippen LogP contribution in [0.15, 0.2) is 77.9 Å². The molecule has 0 aliphatic heterocycles. The van der Waals surface area contributed by atoms with Crippen molar-refractivity contribution < 1.29 is 17.9 Å². The molecule has 1 N–H and O–H groups in total. The first kappa shape index (κ1) is 23.3. The Morgan fingerprint density at radius 1 is 1.06 bits per heavy atom. The first-order valence-corrected chi connectivity index (χ1v) is 11.8. The molecular weight excluding hydrogens is 450 g/mol. The van der Waals surface area contributed by atoms with Crippen LogP contribution in [0.5, 0.6) is 5.75 Å². The van der Waals surface area contributed by atoms with Crippen molar-refractivity contribution in [2.75, 3.05) is 17.6 Å². The molecule has 3 rings (SSSR count). The number of carbonyl (C=O) groups excluding carboxylic acids is 1. The molecule has 0 aliphatic rings. The molecule has 0 spiro atoms. The fraction of sp³-hybridized carbons (Fsp3) is 0.130. The predicted molar refractivity (Wildman–Crippen MR) is 127 cm³/mol. The number of amides is 1. The summed E-state index contributed by atoms with van der Waals surface area (Å²) in [6.07, 6.45) is 2.63. The highest BCUT2D eigenvalue weighted by molar-refractivity contribution is 7.92. The standard InChI is InChI=1S/C23H22ClN3O4S/c1-27(32(2,29)30)20-11-9-18(10-12-20)23(28)26-25-15-17-7-13-21(14-8-17)31-16-19-5-3-4-6-22(19)24/h3-15H,16H2,1-2H3,(H,26,28)/b25-15-. The number of sulfonamides is 1. The Morgan fingerprint density at radius 3 is 2.34 bits per heavy atom. The van der Waals surface area contributed by atoms with E-state index in [0.717, 1.165) is 21.7 Å². The van der Waals surface area contributed by atoms with E-state index >= 15 is 0 Å². The fourth-order valence-corrected chi connectivity index (χ4v) is 3.37. The normalized spacial score (nSPS) is 11.3. The Hall–Kier alpha value is -3.36. The van der Waals surface area contributed by atoms with Gasteiger partial charge >= 0.3 is 0 Å². The molecule has 9 heteroatoms. The van der Waals surface area contributed by atoms with Crippen LogP contribution < -0.4 is 14.5 Å². The van der Waals surface area contributed by atoms with E-state index in [1.807, 2.05) is 36.4 Å². The predicted octanol–water partition coefficient (Wildman–Crippen LogP) is 4.08. The lowest BCUT2D eigenvalue weighted by Crippen LogP contribution is -2.25. The molecular formula is C23H22ClN3O4S. The van der Waals surface area contributed by atoms with Gasteiger partial charge < -0.3 is 4.74 Å². The summed E-state index contributed by atoms with van der Waals surface area (Å²) in [6.45, 7) is 0.363. The SMILES string of the molecule is CN(c1ccc(C(=O)N/N=C\c2ccc(OCc3ccccc3Cl)cc2)cc1)S(C)(=O)=O. The summed E-state index contributed by atoms with van der Waals surface area (Å²) < 4.78 is 30.0. The van der Waals surface area contributed by atoms with Crippen molar-refractivity contribution in [2.45, 2.75) is 6.61 Å². The lowest BCUT2D eigenvalue weighted by molar-refractivity contribution is 0.0955. The zero-order valence-electron chi connectivity index (χ0n) is 17.5. The lowest BCUT2D eigenvalue weighted by atomic mass is 10.2. The zero-order chi connectivity index (χ0) is 23.1. The van der Waals surface area contributed by atoms with Crippen LogP contribution in [0.4, 0.5) is 5.69 Å². The summed E-state index contributed by atoms with van der Waals surface area (Å²) in [5.74, 6) is 0.278. The Balaban J connectivity index is 1.53. The van der Waals surface area contributed by atoms with Crippen LogP contribution in [-0.4, -0.2) is 33.8 Å². The smallest absolute Gasteiger partial charge is 0.271 e. The molecule has 0 bridgehead atoms. The van der Waals surface area contributed by atoms with Gasteiger partial charge in [-0.1, -0.05) is 29.8 Å². The van der Waals surface area contributed by atoms with Gasteiger partial charge in [-0.2, -0.15) is 5.10 Å². The van der Waals surface area contributed by atoms with Crippen LogP contribution in [0.1, 0.15) is 21.5 Å². The topological polar surface area (TPSA) is 88.1 Å². The van der Waals surface area contributed by atoms with Crippen molar-refractivity contribution in [1.82, 2.24) is 5.43 Å². The number of benzene rings is 3. The molecule has 32 heavy (non-hydrogen) atoms. The molecule has 0 aromatic heterocycles. The van der Waals surface area contributed by atoms with Gasteiger partial charge in [0.25, 0.3) is 5.91 Å². The quantitative estimate of drug-likeness (QED) is 0.396. The maximum absolute atomic E-state index is 12.2. The third kappa shape index (κ3) is 6.32. The summed E-state index contributed by atoms with van der Waals surface area (Å²) in [5.41, 5.74) is 4.95. The average molecular weight is 472 g/mol. The van der Waals surface area contributed by atoms with Crippen molar-refractivity contribution in [3.63, 3.8) is 0 Å². The Morgan fingerprint density at radius 2 is 1.72 bits per heavy atom. The van der Waals surface area contributed by atoms with E-state index in [4.69, 9.17) is 16.3 Å². The van der Waals surface area contributed by atoms with Gasteiger partial charge in [0.15, 0.2) is 0 Å². The minimum atomic E-state index is -3.36. The first-order chi connectivity index (χ1) is 15.2. The highest BCUT2D eigenvalue weighted by Crippen LogP contribution is 2.19. The summed E-state index contributed by atoms with van der Waals surface area (Å²) in [5, 5.41) is 4.62. The van der Waals surface area contributed by atoms with Crippen LogP contribution >= 0.6 is 11.6 Å². The Bertz CT molecular complexity index is 1210. The van der Waals surface area contributed by atoms with Crippen LogP contribution in [0.2, 0.25) is 5.02 Å². The number of carbonyl (C=O) groups is 1. The van der Waals surface area contributed by atoms with E-state index < -0.39 is 15.9 Å². The van der Waals surface area contributed by atoms with E-state index in [1.54, 1.807) is 24.3 Å². The number of hydrazone groups is 1. The van der Waals surface area contributed by atoms with Gasteiger partial charge in [0.1, 0.15) is 12.4 Å². The number of hydrogen-bond donors (Lipinski definition) is 1. The van der Waals surface area contributed by atoms with Crippen molar-refractivity contribution in [3.8, 4) is 5.75 Å². The number of halogens is 1. The molecule has 0 saturated carbocycles. The van der Waals surface area contributed by atoms with Crippen molar-refractivity contribution in [2.24, 2.45) is 5.10 Å². The maximum atomic E-state index is 12.2. The van der Waals surface area contributed by atoms with Gasteiger partial charge in [0, 0.05) is 23.2 Å². The van der Waals surface area contributed by atoms with Crippen molar-refractivity contribution in [3.05, 3.63) is 94.5 Å². The maximum Gasteiger partial charge on any atom is 0.271 e. The number of nitrogens with one attached hydrogen (secondary N) is 1. The second kappa shape index (κ2) is 10.3. The van der Waals surface area contributed by atoms with E-state index in [1.165, 1.54) is 25.4 Å². The van der Waals surface area contributed by atoms with Gasteiger partial charge in [0.05, 0.1) is 18.2 Å². The highest BCUT2D eigenvalue weighted by atomic mass is 35.5. The molecule has 0 unspecified atom stereocenters. The molecule has 0 heterocycles. The van der Waals surface area contributed by atoms with E-state index in [-0.39, 0.29) is 0 Å². The highest BCUT2D eigenvalue weighted by Gasteiger charge is 2.12. The largest absolute Gasteiger partial charge is 0.489 e. The number of hydrogen-bond acceptors (Lipinski definition) is 5. The third-order valence-corrected chi connectivity index (χ3v) is 6.18. The van der Waals surface area contributed by atoms with E-state index in [2.05, 4.69) is 10.5 Å². The average Bonchev–Trinajstić information content (AvgIpc) is 2.78. The van der Waals surface area contributed by atoms with Crippen LogP contribution in [0, 0.1) is 0 Å². The third-order valence-electron chi connectivity index (χ3n) is 4.60. The van der Waals surface area contributed by atoms with Crippen molar-refractivity contribution in [1.29, 1.82) is 0 Å². The first-order valence-electron chi connectivity index (χ1n) is 9.58. The van der Waals surface area contributed by atoms with Crippen LogP contribution in [0.25, 0.3) is 0 Å². The number of rotatable bonds is 8. The lowest BCUT2D eigenvalue weighted by Gasteiger charge is -2.16. The fourth-order valence-electron chi connectivity index (χ4n) is 2.67. The van der Waals surface area contributed by atoms with Gasteiger partial charge in [-0.05, 0) is 60.2 Å². The summed E-state index contributed by atoms with van der Waals surface area (Å²) in [7, 11) is -1.92. The van der Waals surface area contributed by atoms with Gasteiger partial charge in [-0.3, -0.25) is 9.10 Å². The molecule has 0 radical (unpaired) electrons. The minimum absolute atomic E-state index is 0.358. The summed E-state index contributed by atoms with van der Waals surface area (Å²) in [6, 6.07) is 20.9. The number of anilines is 1.